The highest BCUT2D eigenvalue weighted by Crippen LogP contribution is 2.26. The summed E-state index contributed by atoms with van der Waals surface area (Å²) in [5, 5.41) is 0. The van der Waals surface area contributed by atoms with Crippen LogP contribution in [-0.2, 0) is 14.3 Å². The average molecular weight is 227 g/mol. The van der Waals surface area contributed by atoms with Crippen LogP contribution in [0.2, 0.25) is 0 Å². The predicted octanol–water partition coefficient (Wildman–Crippen LogP) is 1.44. The zero-order valence-corrected chi connectivity index (χ0v) is 10.5. The summed E-state index contributed by atoms with van der Waals surface area (Å²) in [4.78, 5) is 24.8. The maximum Gasteiger partial charge on any atom is 0.308 e. The van der Waals surface area contributed by atoms with Crippen molar-refractivity contribution >= 4 is 11.9 Å². The normalized spacial score (nSPS) is 22.7. The second kappa shape index (κ2) is 5.32. The van der Waals surface area contributed by atoms with Gasteiger partial charge in [0.15, 0.2) is 0 Å². The van der Waals surface area contributed by atoms with Crippen LogP contribution in [-0.4, -0.2) is 36.5 Å². The highest BCUT2D eigenvalue weighted by Gasteiger charge is 2.33. The summed E-state index contributed by atoms with van der Waals surface area (Å²) in [6.07, 6.45) is 1.31. The number of carbonyl (C=O) groups excluding carboxylic acids is 2. The molecule has 0 radical (unpaired) electrons. The molecule has 0 spiro atoms. The number of hydrogen-bond donors (Lipinski definition) is 0. The van der Waals surface area contributed by atoms with Crippen LogP contribution in [0.15, 0.2) is 0 Å². The van der Waals surface area contributed by atoms with Crippen molar-refractivity contribution in [2.45, 2.75) is 39.7 Å². The monoisotopic (exact) mass is 227 g/mol. The van der Waals surface area contributed by atoms with Crippen molar-refractivity contribution in [3.05, 3.63) is 0 Å². The molecule has 0 N–H and O–H groups in total. The smallest absolute Gasteiger partial charge is 0.308 e. The van der Waals surface area contributed by atoms with Crippen LogP contribution in [0.3, 0.4) is 0 Å². The first kappa shape index (κ1) is 13.0. The van der Waals surface area contributed by atoms with Crippen molar-refractivity contribution in [3.8, 4) is 0 Å². The molecular formula is C12H21NO3. The van der Waals surface area contributed by atoms with E-state index >= 15 is 0 Å². The van der Waals surface area contributed by atoms with Crippen molar-refractivity contribution in [1.82, 2.24) is 4.90 Å². The van der Waals surface area contributed by atoms with Gasteiger partial charge in [-0.05, 0) is 26.2 Å². The molecule has 0 aromatic carbocycles. The summed E-state index contributed by atoms with van der Waals surface area (Å²) < 4.78 is 4.69. The minimum atomic E-state index is -0.185. The van der Waals surface area contributed by atoms with Gasteiger partial charge in [-0.15, -0.1) is 0 Å². The molecule has 2 unspecified atom stereocenters. The molecule has 0 saturated carbocycles. The van der Waals surface area contributed by atoms with Crippen LogP contribution in [0.5, 0.6) is 0 Å². The van der Waals surface area contributed by atoms with E-state index in [0.29, 0.717) is 12.3 Å². The van der Waals surface area contributed by atoms with Crippen LogP contribution >= 0.6 is 0 Å². The molecule has 0 bridgehead atoms. The molecular weight excluding hydrogens is 206 g/mol. The predicted molar refractivity (Wildman–Crippen MR) is 60.8 cm³/mol. The van der Waals surface area contributed by atoms with E-state index in [1.165, 1.54) is 7.11 Å². The molecule has 1 rings (SSSR count). The number of hydrogen-bond acceptors (Lipinski definition) is 3. The molecule has 1 aliphatic rings. The zero-order valence-electron chi connectivity index (χ0n) is 10.5. The molecule has 1 heterocycles. The summed E-state index contributed by atoms with van der Waals surface area (Å²) in [6, 6.07) is 0.255. The van der Waals surface area contributed by atoms with Gasteiger partial charge >= 0.3 is 5.97 Å². The molecule has 2 atom stereocenters. The Bertz CT molecular complexity index is 275. The van der Waals surface area contributed by atoms with E-state index in [0.717, 1.165) is 13.0 Å². The molecule has 92 valence electrons. The van der Waals surface area contributed by atoms with Crippen molar-refractivity contribution < 1.29 is 14.3 Å². The molecule has 0 aliphatic carbocycles. The van der Waals surface area contributed by atoms with Gasteiger partial charge in [0.05, 0.1) is 13.0 Å². The highest BCUT2D eigenvalue weighted by molar-refractivity contribution is 5.79. The molecule has 1 amide bonds. The van der Waals surface area contributed by atoms with Crippen molar-refractivity contribution in [2.24, 2.45) is 11.8 Å². The van der Waals surface area contributed by atoms with E-state index in [-0.39, 0.29) is 23.8 Å². The Morgan fingerprint density at radius 3 is 2.56 bits per heavy atom. The quantitative estimate of drug-likeness (QED) is 0.683. The van der Waals surface area contributed by atoms with Crippen LogP contribution in [0.4, 0.5) is 0 Å². The molecule has 16 heavy (non-hydrogen) atoms. The lowest BCUT2D eigenvalue weighted by Gasteiger charge is -2.21. The number of likely N-dealkylation sites (tertiary alicyclic amines) is 1. The van der Waals surface area contributed by atoms with Gasteiger partial charge in [0.25, 0.3) is 0 Å². The zero-order chi connectivity index (χ0) is 12.3. The van der Waals surface area contributed by atoms with Gasteiger partial charge in [-0.25, -0.2) is 0 Å². The summed E-state index contributed by atoms with van der Waals surface area (Å²) in [5.74, 6) is 0.200. The third kappa shape index (κ3) is 2.97. The van der Waals surface area contributed by atoms with Gasteiger partial charge in [0, 0.05) is 19.0 Å². The van der Waals surface area contributed by atoms with Gasteiger partial charge in [-0.3, -0.25) is 9.59 Å². The number of ether oxygens (including phenoxy) is 1. The van der Waals surface area contributed by atoms with Gasteiger partial charge in [0.2, 0.25) is 5.91 Å². The Labute approximate surface area is 96.9 Å². The Morgan fingerprint density at radius 2 is 2.12 bits per heavy atom. The van der Waals surface area contributed by atoms with Gasteiger partial charge < -0.3 is 9.64 Å². The number of esters is 1. The standard InChI is InChI=1S/C12H21NO3/c1-8(2)13-7-10(6-11(13)14)5-9(3)12(15)16-4/h8-10H,5-7H2,1-4H3. The molecule has 4 nitrogen and oxygen atoms in total. The van der Waals surface area contributed by atoms with Crippen molar-refractivity contribution in [2.75, 3.05) is 13.7 Å². The topological polar surface area (TPSA) is 46.6 Å². The Balaban J connectivity index is 2.47. The van der Waals surface area contributed by atoms with Gasteiger partial charge in [-0.1, -0.05) is 6.92 Å². The second-order valence-electron chi connectivity index (χ2n) is 4.87. The summed E-state index contributed by atoms with van der Waals surface area (Å²) >= 11 is 0. The maximum atomic E-state index is 11.7. The van der Waals surface area contributed by atoms with E-state index in [1.807, 2.05) is 25.7 Å². The third-order valence-corrected chi connectivity index (χ3v) is 3.15. The first-order chi connectivity index (χ1) is 7.45. The largest absolute Gasteiger partial charge is 0.469 e. The molecule has 0 aromatic rings. The lowest BCUT2D eigenvalue weighted by atomic mass is 9.95. The van der Waals surface area contributed by atoms with E-state index in [1.54, 1.807) is 0 Å². The van der Waals surface area contributed by atoms with E-state index in [4.69, 9.17) is 0 Å². The van der Waals surface area contributed by atoms with Crippen molar-refractivity contribution in [1.29, 1.82) is 0 Å². The molecule has 0 aromatic heterocycles. The van der Waals surface area contributed by atoms with E-state index in [2.05, 4.69) is 4.74 Å². The Hall–Kier alpha value is -1.06. The van der Waals surface area contributed by atoms with Gasteiger partial charge in [-0.2, -0.15) is 0 Å². The lowest BCUT2D eigenvalue weighted by molar-refractivity contribution is -0.145. The first-order valence-corrected chi connectivity index (χ1v) is 5.83. The number of amides is 1. The summed E-state index contributed by atoms with van der Waals surface area (Å²) in [5.41, 5.74) is 0. The fourth-order valence-electron chi connectivity index (χ4n) is 2.26. The van der Waals surface area contributed by atoms with Crippen LogP contribution in [0.25, 0.3) is 0 Å². The number of methoxy groups -OCH3 is 1. The number of nitrogens with zero attached hydrogens (tertiary/aromatic N) is 1. The minimum absolute atomic E-state index is 0.116. The molecule has 1 saturated heterocycles. The Morgan fingerprint density at radius 1 is 1.50 bits per heavy atom. The fraction of sp³-hybridized carbons (Fsp3) is 0.833. The summed E-state index contributed by atoms with van der Waals surface area (Å²) in [7, 11) is 1.40. The van der Waals surface area contributed by atoms with Gasteiger partial charge in [0.1, 0.15) is 0 Å². The number of carbonyl (C=O) groups is 2. The van der Waals surface area contributed by atoms with Crippen molar-refractivity contribution in [3.63, 3.8) is 0 Å². The van der Waals surface area contributed by atoms with E-state index in [9.17, 15) is 9.59 Å². The maximum absolute atomic E-state index is 11.7. The summed E-state index contributed by atoms with van der Waals surface area (Å²) in [6.45, 7) is 6.67. The van der Waals surface area contributed by atoms with E-state index < -0.39 is 0 Å². The molecule has 4 heteroatoms. The second-order valence-corrected chi connectivity index (χ2v) is 4.87. The van der Waals surface area contributed by atoms with Crippen LogP contribution in [0.1, 0.15) is 33.6 Å². The minimum Gasteiger partial charge on any atom is -0.469 e. The SMILES string of the molecule is COC(=O)C(C)CC1CC(=O)N(C(C)C)C1. The van der Waals surface area contributed by atoms with Crippen LogP contribution < -0.4 is 0 Å². The van der Waals surface area contributed by atoms with Crippen LogP contribution in [0, 0.1) is 11.8 Å². The number of rotatable bonds is 4. The first-order valence-electron chi connectivity index (χ1n) is 5.83. The highest BCUT2D eigenvalue weighted by atomic mass is 16.5. The Kier molecular flexibility index (Phi) is 4.33. The lowest BCUT2D eigenvalue weighted by Crippen LogP contribution is -2.32. The fourth-order valence-corrected chi connectivity index (χ4v) is 2.26. The molecule has 1 fully saturated rings. The molecule has 1 aliphatic heterocycles. The third-order valence-electron chi connectivity index (χ3n) is 3.15. The average Bonchev–Trinajstić information content (AvgIpc) is 2.58.